The van der Waals surface area contributed by atoms with Crippen molar-refractivity contribution < 1.29 is 9.53 Å². The molecule has 0 heterocycles. The standard InChI is InChI=1S/C11H22N2O2/c1-3-4-8-15-9-7-13-11(14)6-5-10(2)12/h3,10H,1,4-9,12H2,2H3,(H,13,14). The van der Waals surface area contributed by atoms with Crippen molar-refractivity contribution in [2.45, 2.75) is 32.2 Å². The van der Waals surface area contributed by atoms with E-state index in [1.165, 1.54) is 0 Å². The highest BCUT2D eigenvalue weighted by Crippen LogP contribution is 1.92. The Kier molecular flexibility index (Phi) is 9.11. The average molecular weight is 214 g/mol. The Hall–Kier alpha value is -0.870. The van der Waals surface area contributed by atoms with Crippen LogP contribution in [0.25, 0.3) is 0 Å². The van der Waals surface area contributed by atoms with Crippen LogP contribution in [0.1, 0.15) is 26.2 Å². The van der Waals surface area contributed by atoms with Crippen molar-refractivity contribution in [1.82, 2.24) is 5.32 Å². The van der Waals surface area contributed by atoms with Crippen LogP contribution in [0.5, 0.6) is 0 Å². The van der Waals surface area contributed by atoms with Gasteiger partial charge in [0.2, 0.25) is 5.91 Å². The van der Waals surface area contributed by atoms with Gasteiger partial charge in [-0.2, -0.15) is 0 Å². The molecule has 1 unspecified atom stereocenters. The lowest BCUT2D eigenvalue weighted by Crippen LogP contribution is -2.28. The fourth-order valence-electron chi connectivity index (χ4n) is 0.979. The molecule has 0 saturated heterocycles. The third-order valence-corrected chi connectivity index (χ3v) is 1.86. The SMILES string of the molecule is C=CCCOCCNC(=O)CCC(C)N. The summed E-state index contributed by atoms with van der Waals surface area (Å²) in [6, 6.07) is 0.0830. The lowest BCUT2D eigenvalue weighted by molar-refractivity contribution is -0.121. The van der Waals surface area contributed by atoms with Crippen LogP contribution in [0, 0.1) is 0 Å². The molecule has 4 heteroatoms. The summed E-state index contributed by atoms with van der Waals surface area (Å²) in [4.78, 5) is 11.2. The number of carbonyl (C=O) groups excluding carboxylic acids is 1. The van der Waals surface area contributed by atoms with Crippen molar-refractivity contribution in [2.24, 2.45) is 5.73 Å². The monoisotopic (exact) mass is 214 g/mol. The van der Waals surface area contributed by atoms with Crippen molar-refractivity contribution >= 4 is 5.91 Å². The molecule has 0 aromatic heterocycles. The van der Waals surface area contributed by atoms with E-state index >= 15 is 0 Å². The minimum atomic E-state index is 0.0413. The van der Waals surface area contributed by atoms with Gasteiger partial charge in [0, 0.05) is 19.0 Å². The fraction of sp³-hybridized carbons (Fsp3) is 0.727. The maximum absolute atomic E-state index is 11.2. The Balaban J connectivity index is 3.20. The highest BCUT2D eigenvalue weighted by atomic mass is 16.5. The van der Waals surface area contributed by atoms with Crippen LogP contribution in [0.4, 0.5) is 0 Å². The van der Waals surface area contributed by atoms with Crippen molar-refractivity contribution in [2.75, 3.05) is 19.8 Å². The van der Waals surface area contributed by atoms with Gasteiger partial charge in [0.25, 0.3) is 0 Å². The van der Waals surface area contributed by atoms with Crippen LogP contribution in [0.3, 0.4) is 0 Å². The van der Waals surface area contributed by atoms with Gasteiger partial charge in [-0.3, -0.25) is 4.79 Å². The molecule has 0 aromatic carbocycles. The highest BCUT2D eigenvalue weighted by molar-refractivity contribution is 5.75. The Bertz CT molecular complexity index is 181. The van der Waals surface area contributed by atoms with Gasteiger partial charge in [-0.1, -0.05) is 6.08 Å². The molecular formula is C11H22N2O2. The summed E-state index contributed by atoms with van der Waals surface area (Å²) in [5.41, 5.74) is 5.54. The van der Waals surface area contributed by atoms with E-state index in [9.17, 15) is 4.79 Å². The van der Waals surface area contributed by atoms with Crippen molar-refractivity contribution in [3.63, 3.8) is 0 Å². The largest absolute Gasteiger partial charge is 0.379 e. The molecule has 0 fully saturated rings. The normalized spacial score (nSPS) is 12.1. The average Bonchev–Trinajstić information content (AvgIpc) is 2.20. The summed E-state index contributed by atoms with van der Waals surface area (Å²) in [6.07, 6.45) is 3.87. The number of hydrogen-bond donors (Lipinski definition) is 2. The molecule has 0 spiro atoms. The molecule has 0 saturated carbocycles. The summed E-state index contributed by atoms with van der Waals surface area (Å²) < 4.78 is 5.24. The molecule has 1 atom stereocenters. The quantitative estimate of drug-likeness (QED) is 0.441. The number of ether oxygens (including phenoxy) is 1. The van der Waals surface area contributed by atoms with Crippen LogP contribution < -0.4 is 11.1 Å². The van der Waals surface area contributed by atoms with Gasteiger partial charge >= 0.3 is 0 Å². The minimum Gasteiger partial charge on any atom is -0.379 e. The number of nitrogens with two attached hydrogens (primary N) is 1. The van der Waals surface area contributed by atoms with Crippen molar-refractivity contribution in [3.8, 4) is 0 Å². The van der Waals surface area contributed by atoms with Gasteiger partial charge in [-0.25, -0.2) is 0 Å². The summed E-state index contributed by atoms with van der Waals surface area (Å²) >= 11 is 0. The Morgan fingerprint density at radius 1 is 1.60 bits per heavy atom. The second-order valence-electron chi connectivity index (χ2n) is 3.56. The number of nitrogens with one attached hydrogen (secondary N) is 1. The van der Waals surface area contributed by atoms with Crippen LogP contribution in [0.2, 0.25) is 0 Å². The number of hydrogen-bond acceptors (Lipinski definition) is 3. The third-order valence-electron chi connectivity index (χ3n) is 1.86. The van der Waals surface area contributed by atoms with Crippen LogP contribution in [-0.2, 0) is 9.53 Å². The zero-order valence-electron chi connectivity index (χ0n) is 9.50. The predicted molar refractivity (Wildman–Crippen MR) is 61.5 cm³/mol. The topological polar surface area (TPSA) is 64.3 Å². The van der Waals surface area contributed by atoms with Crippen molar-refractivity contribution in [1.29, 1.82) is 0 Å². The maximum atomic E-state index is 11.2. The predicted octanol–water partition coefficient (Wildman–Crippen LogP) is 0.823. The summed E-state index contributed by atoms with van der Waals surface area (Å²) in [7, 11) is 0. The van der Waals surface area contributed by atoms with E-state index in [0.717, 1.165) is 12.8 Å². The van der Waals surface area contributed by atoms with Gasteiger partial charge in [0.05, 0.1) is 13.2 Å². The first-order chi connectivity index (χ1) is 7.16. The Labute approximate surface area is 91.9 Å². The van der Waals surface area contributed by atoms with E-state index in [0.29, 0.717) is 26.2 Å². The Morgan fingerprint density at radius 2 is 2.33 bits per heavy atom. The second-order valence-corrected chi connectivity index (χ2v) is 3.56. The molecular weight excluding hydrogens is 192 g/mol. The fourth-order valence-corrected chi connectivity index (χ4v) is 0.979. The van der Waals surface area contributed by atoms with E-state index < -0.39 is 0 Å². The first-order valence-corrected chi connectivity index (χ1v) is 5.37. The lowest BCUT2D eigenvalue weighted by atomic mass is 10.2. The van der Waals surface area contributed by atoms with E-state index in [2.05, 4.69) is 11.9 Å². The zero-order chi connectivity index (χ0) is 11.5. The molecule has 0 bridgehead atoms. The van der Waals surface area contributed by atoms with E-state index in [-0.39, 0.29) is 11.9 Å². The lowest BCUT2D eigenvalue weighted by Gasteiger charge is -2.07. The summed E-state index contributed by atoms with van der Waals surface area (Å²) in [6.45, 7) is 7.26. The van der Waals surface area contributed by atoms with E-state index in [4.69, 9.17) is 10.5 Å². The maximum Gasteiger partial charge on any atom is 0.220 e. The number of carbonyl (C=O) groups is 1. The highest BCUT2D eigenvalue weighted by Gasteiger charge is 2.02. The van der Waals surface area contributed by atoms with Gasteiger partial charge in [0.1, 0.15) is 0 Å². The first kappa shape index (κ1) is 14.1. The van der Waals surface area contributed by atoms with Crippen molar-refractivity contribution in [3.05, 3.63) is 12.7 Å². The smallest absolute Gasteiger partial charge is 0.220 e. The van der Waals surface area contributed by atoms with Gasteiger partial charge in [-0.15, -0.1) is 6.58 Å². The zero-order valence-corrected chi connectivity index (χ0v) is 9.50. The number of rotatable bonds is 9. The molecule has 3 N–H and O–H groups in total. The summed E-state index contributed by atoms with van der Waals surface area (Å²) in [5.74, 6) is 0.0413. The summed E-state index contributed by atoms with van der Waals surface area (Å²) in [5, 5.41) is 2.77. The van der Waals surface area contributed by atoms with Crippen LogP contribution in [0.15, 0.2) is 12.7 Å². The third kappa shape index (κ3) is 11.1. The molecule has 0 rings (SSSR count). The van der Waals surface area contributed by atoms with Gasteiger partial charge < -0.3 is 15.8 Å². The molecule has 88 valence electrons. The molecule has 0 aliphatic heterocycles. The molecule has 0 aliphatic carbocycles. The molecule has 0 radical (unpaired) electrons. The molecule has 0 aromatic rings. The van der Waals surface area contributed by atoms with Gasteiger partial charge in [0.15, 0.2) is 0 Å². The Morgan fingerprint density at radius 3 is 2.93 bits per heavy atom. The molecule has 1 amide bonds. The minimum absolute atomic E-state index is 0.0413. The van der Waals surface area contributed by atoms with Crippen LogP contribution >= 0.6 is 0 Å². The molecule has 4 nitrogen and oxygen atoms in total. The first-order valence-electron chi connectivity index (χ1n) is 5.37. The van der Waals surface area contributed by atoms with Crippen LogP contribution in [-0.4, -0.2) is 31.7 Å². The van der Waals surface area contributed by atoms with E-state index in [1.807, 2.05) is 6.92 Å². The molecule has 0 aliphatic rings. The number of amides is 1. The second kappa shape index (κ2) is 9.68. The molecule has 15 heavy (non-hydrogen) atoms. The van der Waals surface area contributed by atoms with E-state index in [1.54, 1.807) is 6.08 Å². The van der Waals surface area contributed by atoms with Gasteiger partial charge in [-0.05, 0) is 19.8 Å².